The Morgan fingerprint density at radius 3 is 2.74 bits per heavy atom. The smallest absolute Gasteiger partial charge is 0.157 e. The highest BCUT2D eigenvalue weighted by atomic mass is 35.5. The van der Waals surface area contributed by atoms with Crippen LogP contribution in [0.4, 0.5) is 17.3 Å². The minimum absolute atomic E-state index is 0.353. The summed E-state index contributed by atoms with van der Waals surface area (Å²) in [7, 11) is 1.76. The summed E-state index contributed by atoms with van der Waals surface area (Å²) in [5.41, 5.74) is 8.68. The molecule has 8 nitrogen and oxygen atoms in total. The largest absolute Gasteiger partial charge is 0.383 e. The van der Waals surface area contributed by atoms with Crippen molar-refractivity contribution in [3.63, 3.8) is 0 Å². The molecule has 0 radical (unpaired) electrons. The Hall–Kier alpha value is -3.31. The third-order valence-corrected chi connectivity index (χ3v) is 4.33. The minimum atomic E-state index is 0.353. The van der Waals surface area contributed by atoms with Crippen LogP contribution < -0.4 is 16.4 Å². The Kier molecular flexibility index (Phi) is 5.74. The van der Waals surface area contributed by atoms with E-state index >= 15 is 0 Å². The zero-order chi connectivity index (χ0) is 19.2. The number of nitrogens with one attached hydrogen (secondary N) is 2. The van der Waals surface area contributed by atoms with Crippen LogP contribution in [0.15, 0.2) is 36.7 Å². The monoisotopic (exact) mass is 382 g/mol. The van der Waals surface area contributed by atoms with Crippen LogP contribution in [0.25, 0.3) is 5.69 Å². The first-order valence-corrected chi connectivity index (χ1v) is 8.78. The van der Waals surface area contributed by atoms with E-state index in [4.69, 9.17) is 17.3 Å². The zero-order valence-corrected chi connectivity index (χ0v) is 15.5. The number of para-hydroxylation sites is 1. The van der Waals surface area contributed by atoms with Crippen molar-refractivity contribution in [3.8, 4) is 11.8 Å². The van der Waals surface area contributed by atoms with Gasteiger partial charge in [0.25, 0.3) is 0 Å². The van der Waals surface area contributed by atoms with Crippen LogP contribution in [-0.4, -0.2) is 33.3 Å². The highest BCUT2D eigenvalue weighted by molar-refractivity contribution is 6.32. The molecule has 0 amide bonds. The summed E-state index contributed by atoms with van der Waals surface area (Å²) in [5.74, 6) is 0.985. The molecule has 0 aliphatic carbocycles. The van der Waals surface area contributed by atoms with Crippen LogP contribution in [0.1, 0.15) is 17.7 Å². The van der Waals surface area contributed by atoms with Gasteiger partial charge in [-0.2, -0.15) is 10.4 Å². The Balaban J connectivity index is 1.69. The van der Waals surface area contributed by atoms with Crippen molar-refractivity contribution >= 4 is 28.9 Å². The van der Waals surface area contributed by atoms with Gasteiger partial charge < -0.3 is 16.4 Å². The molecule has 2 heterocycles. The van der Waals surface area contributed by atoms with Gasteiger partial charge in [0.2, 0.25) is 0 Å². The Bertz CT molecular complexity index is 961. The van der Waals surface area contributed by atoms with Gasteiger partial charge in [-0.3, -0.25) is 0 Å². The van der Waals surface area contributed by atoms with Crippen molar-refractivity contribution in [2.75, 3.05) is 30.0 Å². The fourth-order valence-electron chi connectivity index (χ4n) is 2.72. The number of benzene rings is 1. The molecule has 0 atom stereocenters. The second-order valence-corrected chi connectivity index (χ2v) is 6.09. The molecule has 4 N–H and O–H groups in total. The van der Waals surface area contributed by atoms with E-state index in [0.29, 0.717) is 46.7 Å². The van der Waals surface area contributed by atoms with Crippen LogP contribution in [0.2, 0.25) is 5.15 Å². The highest BCUT2D eigenvalue weighted by Crippen LogP contribution is 2.25. The molecule has 3 rings (SSSR count). The zero-order valence-electron chi connectivity index (χ0n) is 14.8. The van der Waals surface area contributed by atoms with Crippen molar-refractivity contribution in [2.45, 2.75) is 12.8 Å². The summed E-state index contributed by atoms with van der Waals surface area (Å²) in [5, 5.41) is 20.5. The maximum absolute atomic E-state index is 9.45. The molecule has 3 aromatic rings. The lowest BCUT2D eigenvalue weighted by Crippen LogP contribution is -2.08. The molecule has 2 aromatic heterocycles. The summed E-state index contributed by atoms with van der Waals surface area (Å²) in [6.45, 7) is 0.630. The van der Waals surface area contributed by atoms with Crippen LogP contribution in [0.3, 0.4) is 0 Å². The first-order valence-electron chi connectivity index (χ1n) is 8.40. The van der Waals surface area contributed by atoms with Crippen molar-refractivity contribution in [1.82, 2.24) is 19.7 Å². The van der Waals surface area contributed by atoms with Crippen LogP contribution in [-0.2, 0) is 6.42 Å². The van der Waals surface area contributed by atoms with Gasteiger partial charge in [0.1, 0.15) is 29.5 Å². The van der Waals surface area contributed by atoms with Gasteiger partial charge in [-0.05, 0) is 25.0 Å². The summed E-state index contributed by atoms with van der Waals surface area (Å²) in [4.78, 5) is 8.12. The first-order chi connectivity index (χ1) is 13.2. The number of halogens is 1. The molecule has 0 saturated heterocycles. The molecule has 0 fully saturated rings. The predicted octanol–water partition coefficient (Wildman–Crippen LogP) is 2.86. The third-order valence-electron chi connectivity index (χ3n) is 4.04. The number of nitriles is 1. The number of nitrogen functional groups attached to an aromatic ring is 1. The fourth-order valence-corrected chi connectivity index (χ4v) is 2.95. The molecular weight excluding hydrogens is 364 g/mol. The molecule has 0 aliphatic heterocycles. The molecule has 138 valence electrons. The van der Waals surface area contributed by atoms with Gasteiger partial charge in [0, 0.05) is 13.6 Å². The number of aromatic nitrogens is 4. The van der Waals surface area contributed by atoms with E-state index in [-0.39, 0.29) is 0 Å². The van der Waals surface area contributed by atoms with Crippen LogP contribution in [0, 0.1) is 11.3 Å². The summed E-state index contributed by atoms with van der Waals surface area (Å²) in [6.07, 6.45) is 2.75. The highest BCUT2D eigenvalue weighted by Gasteiger charge is 2.16. The topological polar surface area (TPSA) is 117 Å². The number of nitrogens with two attached hydrogens (primary N) is 1. The number of hydrogen-bond acceptors (Lipinski definition) is 7. The normalized spacial score (nSPS) is 10.4. The lowest BCUT2D eigenvalue weighted by atomic mass is 10.1. The second-order valence-electron chi connectivity index (χ2n) is 5.73. The number of aryl methyl sites for hydroxylation is 1. The summed E-state index contributed by atoms with van der Waals surface area (Å²) in [6, 6.07) is 11.7. The van der Waals surface area contributed by atoms with Crippen molar-refractivity contribution < 1.29 is 0 Å². The number of hydrogen-bond donors (Lipinski definition) is 3. The summed E-state index contributed by atoms with van der Waals surface area (Å²) >= 11 is 6.04. The van der Waals surface area contributed by atoms with Gasteiger partial charge >= 0.3 is 0 Å². The molecular formula is C18H19ClN8. The molecule has 27 heavy (non-hydrogen) atoms. The maximum Gasteiger partial charge on any atom is 0.157 e. The van der Waals surface area contributed by atoms with E-state index in [2.05, 4.69) is 31.8 Å². The second kappa shape index (κ2) is 8.38. The third kappa shape index (κ3) is 3.93. The molecule has 0 unspecified atom stereocenters. The SMILES string of the molecule is CNc1c(Cl)ncnc1NCCCc1nn(-c2ccccc2)c(N)c1C#N. The maximum atomic E-state index is 9.45. The van der Waals surface area contributed by atoms with E-state index in [1.807, 2.05) is 30.3 Å². The first kappa shape index (κ1) is 18.5. The van der Waals surface area contributed by atoms with Gasteiger partial charge in [0.15, 0.2) is 11.0 Å². The Morgan fingerprint density at radius 1 is 1.26 bits per heavy atom. The minimum Gasteiger partial charge on any atom is -0.383 e. The Labute approximate surface area is 162 Å². The van der Waals surface area contributed by atoms with Gasteiger partial charge in [-0.25, -0.2) is 14.6 Å². The standard InChI is InChI=1S/C18H19ClN8/c1-22-15-16(19)24-11-25-18(15)23-9-5-8-14-13(10-20)17(21)27(26-14)12-6-3-2-4-7-12/h2-4,6-7,11,22H,5,8-9,21H2,1H3,(H,23,24,25). The van der Waals surface area contributed by atoms with Crippen molar-refractivity contribution in [3.05, 3.63) is 53.1 Å². The lowest BCUT2D eigenvalue weighted by molar-refractivity contribution is 0.789. The number of rotatable bonds is 7. The quantitative estimate of drug-likeness (QED) is 0.424. The molecule has 9 heteroatoms. The Morgan fingerprint density at radius 2 is 2.04 bits per heavy atom. The van der Waals surface area contributed by atoms with Gasteiger partial charge in [0.05, 0.1) is 11.4 Å². The number of nitrogens with zero attached hydrogens (tertiary/aromatic N) is 5. The van der Waals surface area contributed by atoms with Gasteiger partial charge in [-0.1, -0.05) is 29.8 Å². The molecule has 0 bridgehead atoms. The lowest BCUT2D eigenvalue weighted by Gasteiger charge is -2.10. The van der Waals surface area contributed by atoms with Crippen LogP contribution >= 0.6 is 11.6 Å². The fraction of sp³-hybridized carbons (Fsp3) is 0.222. The van der Waals surface area contributed by atoms with E-state index in [1.165, 1.54) is 6.33 Å². The molecule has 0 saturated carbocycles. The van der Waals surface area contributed by atoms with E-state index < -0.39 is 0 Å². The predicted molar refractivity (Wildman–Crippen MR) is 106 cm³/mol. The molecule has 0 spiro atoms. The van der Waals surface area contributed by atoms with E-state index in [0.717, 1.165) is 12.1 Å². The van der Waals surface area contributed by atoms with Crippen LogP contribution in [0.5, 0.6) is 0 Å². The summed E-state index contributed by atoms with van der Waals surface area (Å²) < 4.78 is 1.60. The van der Waals surface area contributed by atoms with Crippen molar-refractivity contribution in [2.24, 2.45) is 0 Å². The van der Waals surface area contributed by atoms with E-state index in [1.54, 1.807) is 11.7 Å². The molecule has 1 aromatic carbocycles. The van der Waals surface area contributed by atoms with Crippen molar-refractivity contribution in [1.29, 1.82) is 5.26 Å². The average molecular weight is 383 g/mol. The van der Waals surface area contributed by atoms with E-state index in [9.17, 15) is 5.26 Å². The molecule has 0 aliphatic rings. The van der Waals surface area contributed by atoms with Gasteiger partial charge in [-0.15, -0.1) is 0 Å². The number of anilines is 3. The average Bonchev–Trinajstić information content (AvgIpc) is 3.01.